The van der Waals surface area contributed by atoms with Gasteiger partial charge in [0.2, 0.25) is 17.7 Å². The SMILES string of the molecule is C=CC(=O)N1C[C@H](COc2nc(Nc3cnn(C4CCOC4)c3)nc3[nH]cc(Cl)c23)[C@@H](OC)C1. The van der Waals surface area contributed by atoms with Crippen LogP contribution in [0.2, 0.25) is 5.02 Å². The summed E-state index contributed by atoms with van der Waals surface area (Å²) in [4.78, 5) is 25.9. The van der Waals surface area contributed by atoms with Gasteiger partial charge in [-0.2, -0.15) is 15.1 Å². The van der Waals surface area contributed by atoms with Gasteiger partial charge in [0.1, 0.15) is 5.65 Å². The molecule has 12 heteroatoms. The molecule has 3 aromatic heterocycles. The van der Waals surface area contributed by atoms with E-state index in [-0.39, 0.29) is 24.0 Å². The Balaban J connectivity index is 1.34. The third kappa shape index (κ3) is 4.46. The van der Waals surface area contributed by atoms with Gasteiger partial charge in [-0.15, -0.1) is 0 Å². The van der Waals surface area contributed by atoms with Crippen molar-refractivity contribution in [3.63, 3.8) is 0 Å². The molecular formula is C22H26ClN7O4. The molecule has 3 atom stereocenters. The summed E-state index contributed by atoms with van der Waals surface area (Å²) < 4.78 is 19.0. The van der Waals surface area contributed by atoms with E-state index >= 15 is 0 Å². The number of H-pyrrole nitrogens is 1. The van der Waals surface area contributed by atoms with Crippen LogP contribution in [0.25, 0.3) is 11.0 Å². The van der Waals surface area contributed by atoms with Gasteiger partial charge in [-0.1, -0.05) is 18.2 Å². The Labute approximate surface area is 201 Å². The third-order valence-electron chi connectivity index (χ3n) is 6.19. The number of carbonyl (C=O) groups excluding carboxylic acids is 1. The molecule has 2 N–H and O–H groups in total. The van der Waals surface area contributed by atoms with E-state index < -0.39 is 0 Å². The molecule has 0 spiro atoms. The van der Waals surface area contributed by atoms with E-state index in [1.807, 2.05) is 10.9 Å². The number of likely N-dealkylation sites (tertiary alicyclic amines) is 1. The van der Waals surface area contributed by atoms with Crippen LogP contribution in [0.1, 0.15) is 12.5 Å². The summed E-state index contributed by atoms with van der Waals surface area (Å²) in [5.41, 5.74) is 1.30. The first-order valence-electron chi connectivity index (χ1n) is 11.1. The molecule has 2 saturated heterocycles. The number of aromatic nitrogens is 5. The number of amides is 1. The molecule has 5 rings (SSSR count). The quantitative estimate of drug-likeness (QED) is 0.465. The lowest BCUT2D eigenvalue weighted by molar-refractivity contribution is -0.125. The molecule has 3 aromatic rings. The second-order valence-corrected chi connectivity index (χ2v) is 8.76. The van der Waals surface area contributed by atoms with E-state index in [9.17, 15) is 4.79 Å². The maximum absolute atomic E-state index is 12.0. The minimum atomic E-state index is -0.147. The van der Waals surface area contributed by atoms with Crippen molar-refractivity contribution in [3.8, 4) is 5.88 Å². The molecule has 2 fully saturated rings. The highest BCUT2D eigenvalue weighted by Gasteiger charge is 2.35. The average Bonchev–Trinajstić information content (AvgIpc) is 3.64. The monoisotopic (exact) mass is 487 g/mol. The van der Waals surface area contributed by atoms with Gasteiger partial charge < -0.3 is 29.4 Å². The second kappa shape index (κ2) is 9.61. The molecule has 0 radical (unpaired) electrons. The van der Waals surface area contributed by atoms with Crippen LogP contribution in [0.4, 0.5) is 11.6 Å². The van der Waals surface area contributed by atoms with Crippen molar-refractivity contribution in [2.75, 3.05) is 45.3 Å². The van der Waals surface area contributed by atoms with E-state index in [1.165, 1.54) is 6.08 Å². The summed E-state index contributed by atoms with van der Waals surface area (Å²) >= 11 is 6.38. The predicted octanol–water partition coefficient (Wildman–Crippen LogP) is 2.55. The summed E-state index contributed by atoms with van der Waals surface area (Å²) in [6.07, 6.45) is 7.37. The highest BCUT2D eigenvalue weighted by molar-refractivity contribution is 6.35. The summed E-state index contributed by atoms with van der Waals surface area (Å²) in [7, 11) is 1.63. The fraction of sp³-hybridized carbons (Fsp3) is 0.455. The standard InChI is InChI=1S/C22H26ClN7O4/c1-3-18(31)29-8-13(17(10-29)32-2)11-34-21-19-16(23)7-24-20(19)27-22(28-21)26-14-6-25-30(9-14)15-4-5-33-12-15/h3,6-7,9,13,15,17H,1,4-5,8,10-12H2,2H3,(H2,24,26,27,28)/t13-,15?,17+/m1/s1. The Morgan fingerprint density at radius 2 is 2.32 bits per heavy atom. The van der Waals surface area contributed by atoms with Gasteiger partial charge in [-0.05, 0) is 12.5 Å². The number of fused-ring (bicyclic) bond motifs is 1. The first-order valence-corrected chi connectivity index (χ1v) is 11.4. The van der Waals surface area contributed by atoms with Crippen molar-refractivity contribution < 1.29 is 19.0 Å². The van der Waals surface area contributed by atoms with Gasteiger partial charge in [-0.25, -0.2) is 0 Å². The molecule has 11 nitrogen and oxygen atoms in total. The van der Waals surface area contributed by atoms with Gasteiger partial charge in [0, 0.05) is 45.1 Å². The van der Waals surface area contributed by atoms with Crippen LogP contribution in [0.5, 0.6) is 5.88 Å². The molecule has 34 heavy (non-hydrogen) atoms. The Kier molecular flexibility index (Phi) is 6.40. The summed E-state index contributed by atoms with van der Waals surface area (Å²) in [6.45, 7) is 6.25. The number of methoxy groups -OCH3 is 1. The van der Waals surface area contributed by atoms with Crippen molar-refractivity contribution >= 4 is 40.2 Å². The number of anilines is 2. The van der Waals surface area contributed by atoms with Crippen LogP contribution in [0.3, 0.4) is 0 Å². The Morgan fingerprint density at radius 3 is 3.09 bits per heavy atom. The molecule has 2 aliphatic rings. The van der Waals surface area contributed by atoms with E-state index in [0.717, 1.165) is 18.7 Å². The van der Waals surface area contributed by atoms with Crippen LogP contribution in [-0.2, 0) is 14.3 Å². The normalized spacial score (nSPS) is 22.4. The molecule has 0 bridgehead atoms. The van der Waals surface area contributed by atoms with Crippen LogP contribution >= 0.6 is 11.6 Å². The molecule has 0 aromatic carbocycles. The van der Waals surface area contributed by atoms with Crippen molar-refractivity contribution in [3.05, 3.63) is 36.3 Å². The van der Waals surface area contributed by atoms with Gasteiger partial charge in [-0.3, -0.25) is 9.48 Å². The van der Waals surface area contributed by atoms with Crippen LogP contribution in [0.15, 0.2) is 31.2 Å². The molecule has 5 heterocycles. The Morgan fingerprint density at radius 1 is 1.44 bits per heavy atom. The minimum absolute atomic E-state index is 0.0279. The zero-order valence-electron chi connectivity index (χ0n) is 18.7. The Bertz CT molecular complexity index is 1190. The molecule has 1 unspecified atom stereocenters. The number of hydrogen-bond donors (Lipinski definition) is 2. The molecule has 2 aliphatic heterocycles. The number of aromatic amines is 1. The molecule has 0 saturated carbocycles. The summed E-state index contributed by atoms with van der Waals surface area (Å²) in [5.74, 6) is 0.541. The number of rotatable bonds is 8. The van der Waals surface area contributed by atoms with Gasteiger partial charge in [0.25, 0.3) is 0 Å². The maximum atomic E-state index is 12.0. The van der Waals surface area contributed by atoms with E-state index in [0.29, 0.717) is 54.2 Å². The smallest absolute Gasteiger partial charge is 0.246 e. The lowest BCUT2D eigenvalue weighted by Gasteiger charge is -2.17. The fourth-order valence-electron chi connectivity index (χ4n) is 4.35. The molecule has 0 aliphatic carbocycles. The number of nitrogens with one attached hydrogen (secondary N) is 2. The highest BCUT2D eigenvalue weighted by Crippen LogP contribution is 2.32. The van der Waals surface area contributed by atoms with Crippen molar-refractivity contribution in [1.82, 2.24) is 29.6 Å². The lowest BCUT2D eigenvalue weighted by Crippen LogP contribution is -2.28. The zero-order chi connectivity index (χ0) is 23.7. The van der Waals surface area contributed by atoms with Crippen molar-refractivity contribution in [1.29, 1.82) is 0 Å². The topological polar surface area (TPSA) is 119 Å². The van der Waals surface area contributed by atoms with E-state index in [2.05, 4.69) is 31.9 Å². The Hall–Kier alpha value is -3.15. The van der Waals surface area contributed by atoms with Crippen molar-refractivity contribution in [2.45, 2.75) is 18.6 Å². The van der Waals surface area contributed by atoms with Crippen LogP contribution in [-0.4, -0.2) is 81.7 Å². The minimum Gasteiger partial charge on any atom is -0.477 e. The fourth-order valence-corrected chi connectivity index (χ4v) is 4.57. The third-order valence-corrected chi connectivity index (χ3v) is 6.49. The maximum Gasteiger partial charge on any atom is 0.246 e. The number of hydrogen-bond acceptors (Lipinski definition) is 8. The molecule has 1 amide bonds. The van der Waals surface area contributed by atoms with Crippen LogP contribution in [0, 0.1) is 5.92 Å². The first-order chi connectivity index (χ1) is 16.6. The second-order valence-electron chi connectivity index (χ2n) is 8.36. The molecular weight excluding hydrogens is 462 g/mol. The predicted molar refractivity (Wildman–Crippen MR) is 125 cm³/mol. The average molecular weight is 488 g/mol. The summed E-state index contributed by atoms with van der Waals surface area (Å²) in [5, 5.41) is 8.67. The van der Waals surface area contributed by atoms with E-state index in [1.54, 1.807) is 24.4 Å². The number of nitrogens with zero attached hydrogens (tertiary/aromatic N) is 5. The van der Waals surface area contributed by atoms with Crippen molar-refractivity contribution in [2.24, 2.45) is 5.92 Å². The first kappa shape index (κ1) is 22.6. The van der Waals surface area contributed by atoms with Gasteiger partial charge in [0.15, 0.2) is 0 Å². The number of carbonyl (C=O) groups is 1. The van der Waals surface area contributed by atoms with Gasteiger partial charge >= 0.3 is 0 Å². The summed E-state index contributed by atoms with van der Waals surface area (Å²) in [6, 6.07) is 0.229. The van der Waals surface area contributed by atoms with Crippen LogP contribution < -0.4 is 10.1 Å². The van der Waals surface area contributed by atoms with Gasteiger partial charge in [0.05, 0.1) is 47.7 Å². The lowest BCUT2D eigenvalue weighted by atomic mass is 10.1. The number of halogens is 1. The highest BCUT2D eigenvalue weighted by atomic mass is 35.5. The largest absolute Gasteiger partial charge is 0.477 e. The number of ether oxygens (including phenoxy) is 3. The zero-order valence-corrected chi connectivity index (χ0v) is 19.5. The molecule has 180 valence electrons. The van der Waals surface area contributed by atoms with E-state index in [4.69, 9.17) is 25.8 Å².